The number of hydrogen-bond donors (Lipinski definition) is 1. The van der Waals surface area contributed by atoms with E-state index in [-0.39, 0.29) is 0 Å². The Bertz CT molecular complexity index is 583. The molecule has 0 atom stereocenters. The van der Waals surface area contributed by atoms with Gasteiger partial charge in [0.25, 0.3) is 0 Å². The second kappa shape index (κ2) is 5.61. The van der Waals surface area contributed by atoms with E-state index >= 15 is 0 Å². The molecule has 0 bridgehead atoms. The van der Waals surface area contributed by atoms with E-state index in [9.17, 15) is 0 Å². The number of rotatable bonds is 4. The second-order valence-electron chi connectivity index (χ2n) is 3.89. The van der Waals surface area contributed by atoms with Gasteiger partial charge in [0, 0.05) is 16.8 Å². The molecule has 5 heteroatoms. The lowest BCUT2D eigenvalue weighted by atomic mass is 10.2. The van der Waals surface area contributed by atoms with E-state index in [4.69, 9.17) is 5.26 Å². The van der Waals surface area contributed by atoms with Crippen molar-refractivity contribution in [1.82, 2.24) is 9.97 Å². The largest absolute Gasteiger partial charge is 0.362 e. The fourth-order valence-corrected chi connectivity index (χ4v) is 2.34. The minimum atomic E-state index is 0.563. The van der Waals surface area contributed by atoms with E-state index in [2.05, 4.69) is 28.3 Å². The van der Waals surface area contributed by atoms with E-state index in [1.165, 1.54) is 4.88 Å². The van der Waals surface area contributed by atoms with Crippen LogP contribution in [-0.2, 0) is 13.0 Å². The van der Waals surface area contributed by atoms with Crippen LogP contribution in [0, 0.1) is 18.3 Å². The van der Waals surface area contributed by atoms with Gasteiger partial charge in [-0.2, -0.15) is 5.26 Å². The molecule has 2 aromatic rings. The fourth-order valence-electron chi connectivity index (χ4n) is 1.53. The van der Waals surface area contributed by atoms with Crippen molar-refractivity contribution in [2.24, 2.45) is 0 Å². The number of aryl methyl sites for hydroxylation is 2. The van der Waals surface area contributed by atoms with Gasteiger partial charge in [0.1, 0.15) is 16.9 Å². The Morgan fingerprint density at radius 1 is 1.44 bits per heavy atom. The molecule has 0 radical (unpaired) electrons. The average Bonchev–Trinajstić information content (AvgIpc) is 2.84. The van der Waals surface area contributed by atoms with E-state index < -0.39 is 0 Å². The van der Waals surface area contributed by atoms with Crippen LogP contribution in [-0.4, -0.2) is 9.97 Å². The summed E-state index contributed by atoms with van der Waals surface area (Å²) >= 11 is 1.69. The minimum absolute atomic E-state index is 0.563. The monoisotopic (exact) mass is 258 g/mol. The second-order valence-corrected chi connectivity index (χ2v) is 5.09. The molecule has 2 rings (SSSR count). The standard InChI is InChI=1S/C13H14N4S/c1-3-11-7-15-12(18-11)8-16-13-10(6-14)5-4-9(2)17-13/h4-5,7H,3,8H2,1-2H3,(H,16,17). The van der Waals surface area contributed by atoms with Gasteiger partial charge in [-0.3, -0.25) is 0 Å². The van der Waals surface area contributed by atoms with Crippen molar-refractivity contribution >= 4 is 17.2 Å². The molecule has 92 valence electrons. The molecule has 2 heterocycles. The summed E-state index contributed by atoms with van der Waals surface area (Å²) in [6, 6.07) is 5.75. The van der Waals surface area contributed by atoms with Gasteiger partial charge in [-0.05, 0) is 25.5 Å². The number of pyridine rings is 1. The molecular weight excluding hydrogens is 244 g/mol. The summed E-state index contributed by atoms with van der Waals surface area (Å²) in [6.45, 7) is 4.63. The first kappa shape index (κ1) is 12.5. The number of anilines is 1. The number of aromatic nitrogens is 2. The molecule has 0 amide bonds. The molecule has 2 aromatic heterocycles. The third-order valence-corrected chi connectivity index (χ3v) is 3.65. The summed E-state index contributed by atoms with van der Waals surface area (Å²) in [5.74, 6) is 0.630. The zero-order valence-electron chi connectivity index (χ0n) is 10.4. The van der Waals surface area contributed by atoms with Crippen LogP contribution in [0.5, 0.6) is 0 Å². The Morgan fingerprint density at radius 3 is 2.94 bits per heavy atom. The number of nitrogens with zero attached hydrogens (tertiary/aromatic N) is 3. The predicted molar refractivity (Wildman–Crippen MR) is 72.5 cm³/mol. The normalized spacial score (nSPS) is 10.1. The van der Waals surface area contributed by atoms with Gasteiger partial charge in [-0.25, -0.2) is 9.97 Å². The van der Waals surface area contributed by atoms with Gasteiger partial charge >= 0.3 is 0 Å². The fraction of sp³-hybridized carbons (Fsp3) is 0.308. The molecule has 4 nitrogen and oxygen atoms in total. The third kappa shape index (κ3) is 2.84. The maximum Gasteiger partial charge on any atom is 0.144 e. The van der Waals surface area contributed by atoms with Gasteiger partial charge < -0.3 is 5.32 Å². The molecule has 18 heavy (non-hydrogen) atoms. The lowest BCUT2D eigenvalue weighted by Gasteiger charge is -2.06. The molecular formula is C13H14N4S. The predicted octanol–water partition coefficient (Wildman–Crippen LogP) is 2.89. The number of nitriles is 1. The van der Waals surface area contributed by atoms with Crippen LogP contribution in [0.25, 0.3) is 0 Å². The Morgan fingerprint density at radius 2 is 2.28 bits per heavy atom. The van der Waals surface area contributed by atoms with E-state index in [1.807, 2.05) is 19.2 Å². The Labute approximate surface area is 110 Å². The number of hydrogen-bond acceptors (Lipinski definition) is 5. The maximum atomic E-state index is 9.01. The van der Waals surface area contributed by atoms with E-state index in [1.54, 1.807) is 17.4 Å². The first-order chi connectivity index (χ1) is 8.72. The van der Waals surface area contributed by atoms with Gasteiger partial charge in [-0.1, -0.05) is 6.92 Å². The van der Waals surface area contributed by atoms with Crippen LogP contribution >= 0.6 is 11.3 Å². The third-order valence-electron chi connectivity index (χ3n) is 2.51. The summed E-state index contributed by atoms with van der Waals surface area (Å²) in [5.41, 5.74) is 1.46. The molecule has 0 saturated heterocycles. The molecule has 0 aliphatic rings. The molecule has 1 N–H and O–H groups in total. The summed E-state index contributed by atoms with van der Waals surface area (Å²) in [7, 11) is 0. The first-order valence-corrected chi connectivity index (χ1v) is 6.59. The molecule has 0 saturated carbocycles. The molecule has 0 fully saturated rings. The molecule has 0 unspecified atom stereocenters. The van der Waals surface area contributed by atoms with Crippen LogP contribution in [0.1, 0.15) is 28.1 Å². The van der Waals surface area contributed by atoms with Gasteiger partial charge in [-0.15, -0.1) is 11.3 Å². The first-order valence-electron chi connectivity index (χ1n) is 5.78. The lowest BCUT2D eigenvalue weighted by molar-refractivity contribution is 1.06. The minimum Gasteiger partial charge on any atom is -0.362 e. The van der Waals surface area contributed by atoms with Crippen molar-refractivity contribution in [2.75, 3.05) is 5.32 Å². The van der Waals surface area contributed by atoms with E-state index in [0.717, 1.165) is 17.1 Å². The van der Waals surface area contributed by atoms with Crippen molar-refractivity contribution in [2.45, 2.75) is 26.8 Å². The number of nitrogens with one attached hydrogen (secondary N) is 1. The van der Waals surface area contributed by atoms with Crippen molar-refractivity contribution in [3.63, 3.8) is 0 Å². The van der Waals surface area contributed by atoms with Crippen molar-refractivity contribution in [3.05, 3.63) is 39.5 Å². The summed E-state index contributed by atoms with van der Waals surface area (Å²) in [5, 5.41) is 13.2. The van der Waals surface area contributed by atoms with Crippen LogP contribution in [0.2, 0.25) is 0 Å². The smallest absolute Gasteiger partial charge is 0.144 e. The van der Waals surface area contributed by atoms with E-state index in [0.29, 0.717) is 17.9 Å². The highest BCUT2D eigenvalue weighted by molar-refractivity contribution is 7.11. The highest BCUT2D eigenvalue weighted by Crippen LogP contribution is 2.17. The molecule has 0 aliphatic carbocycles. The molecule has 0 aliphatic heterocycles. The Hall–Kier alpha value is -1.93. The van der Waals surface area contributed by atoms with Gasteiger partial charge in [0.15, 0.2) is 0 Å². The van der Waals surface area contributed by atoms with Crippen LogP contribution < -0.4 is 5.32 Å². The van der Waals surface area contributed by atoms with Gasteiger partial charge in [0.05, 0.1) is 12.1 Å². The van der Waals surface area contributed by atoms with Crippen molar-refractivity contribution in [3.8, 4) is 6.07 Å². The van der Waals surface area contributed by atoms with Crippen molar-refractivity contribution in [1.29, 1.82) is 5.26 Å². The highest BCUT2D eigenvalue weighted by atomic mass is 32.1. The lowest BCUT2D eigenvalue weighted by Crippen LogP contribution is -2.03. The summed E-state index contributed by atoms with van der Waals surface area (Å²) in [6.07, 6.45) is 2.90. The molecule has 0 aromatic carbocycles. The average molecular weight is 258 g/mol. The highest BCUT2D eigenvalue weighted by Gasteiger charge is 2.05. The van der Waals surface area contributed by atoms with Crippen LogP contribution in [0.15, 0.2) is 18.3 Å². The SMILES string of the molecule is CCc1cnc(CNc2nc(C)ccc2C#N)s1. The number of thiazole rings is 1. The zero-order valence-corrected chi connectivity index (χ0v) is 11.2. The van der Waals surface area contributed by atoms with Crippen LogP contribution in [0.4, 0.5) is 5.82 Å². The quantitative estimate of drug-likeness (QED) is 0.916. The van der Waals surface area contributed by atoms with Crippen molar-refractivity contribution < 1.29 is 0 Å². The summed E-state index contributed by atoms with van der Waals surface area (Å²) < 4.78 is 0. The molecule has 0 spiro atoms. The zero-order chi connectivity index (χ0) is 13.0. The Kier molecular flexibility index (Phi) is 3.90. The Balaban J connectivity index is 2.10. The topological polar surface area (TPSA) is 61.6 Å². The van der Waals surface area contributed by atoms with Crippen LogP contribution in [0.3, 0.4) is 0 Å². The maximum absolute atomic E-state index is 9.01. The summed E-state index contributed by atoms with van der Waals surface area (Å²) in [4.78, 5) is 9.92. The van der Waals surface area contributed by atoms with Gasteiger partial charge in [0.2, 0.25) is 0 Å².